The van der Waals surface area contributed by atoms with Gasteiger partial charge >= 0.3 is 0 Å². The van der Waals surface area contributed by atoms with Crippen LogP contribution in [0.1, 0.15) is 31.9 Å². The van der Waals surface area contributed by atoms with E-state index in [-0.39, 0.29) is 28.4 Å². The second-order valence-electron chi connectivity index (χ2n) is 6.95. The lowest BCUT2D eigenvalue weighted by molar-refractivity contribution is -0.277. The Kier molecular flexibility index (Phi) is 5.92. The number of aliphatic hydroxyl groups is 4. The lowest BCUT2D eigenvalue weighted by Crippen LogP contribution is -2.60. The molecule has 28 heavy (non-hydrogen) atoms. The van der Waals surface area contributed by atoms with Crippen LogP contribution in [0.25, 0.3) is 11.0 Å². The van der Waals surface area contributed by atoms with Crippen LogP contribution in [0.5, 0.6) is 11.5 Å². The second-order valence-corrected chi connectivity index (χ2v) is 6.95. The van der Waals surface area contributed by atoms with Crippen LogP contribution in [0.2, 0.25) is 0 Å². The molecule has 1 fully saturated rings. The van der Waals surface area contributed by atoms with Crippen LogP contribution in [0.4, 0.5) is 0 Å². The summed E-state index contributed by atoms with van der Waals surface area (Å²) in [6, 6.07) is 3.86. The monoisotopic (exact) mass is 396 g/mol. The van der Waals surface area contributed by atoms with Crippen molar-refractivity contribution in [1.29, 1.82) is 0 Å². The van der Waals surface area contributed by atoms with Gasteiger partial charge in [-0.3, -0.25) is 4.79 Å². The summed E-state index contributed by atoms with van der Waals surface area (Å²) in [5, 5.41) is 49.2. The van der Waals surface area contributed by atoms with Crippen molar-refractivity contribution in [1.82, 2.24) is 0 Å². The Bertz CT molecular complexity index is 891. The molecule has 1 aromatic carbocycles. The summed E-state index contributed by atoms with van der Waals surface area (Å²) in [5.41, 5.74) is -0.296. The van der Waals surface area contributed by atoms with E-state index in [2.05, 4.69) is 0 Å². The van der Waals surface area contributed by atoms with Crippen molar-refractivity contribution in [2.24, 2.45) is 0 Å². The third kappa shape index (κ3) is 3.71. The highest BCUT2D eigenvalue weighted by atomic mass is 16.7. The standard InChI is InChI=1S/C19H24O9/c1-3-8(2)12-6-11(22)15-10(21)4-9(5-13(15)27-12)26-19-18(25)17(24)16(23)14(7-20)28-19/h4-6,8,14,16-21,23-25H,3,7H2,1-2H3/t8-,14-,16-,17+,18-,19-/m1/s1. The van der Waals surface area contributed by atoms with Crippen LogP contribution >= 0.6 is 0 Å². The molecule has 2 aromatic rings. The summed E-state index contributed by atoms with van der Waals surface area (Å²) >= 11 is 0. The van der Waals surface area contributed by atoms with E-state index in [1.165, 1.54) is 12.1 Å². The topological polar surface area (TPSA) is 150 Å². The fraction of sp³-hybridized carbons (Fsp3) is 0.526. The smallest absolute Gasteiger partial charge is 0.229 e. The maximum Gasteiger partial charge on any atom is 0.229 e. The molecule has 2 heterocycles. The van der Waals surface area contributed by atoms with Gasteiger partial charge in [0.2, 0.25) is 6.29 Å². The largest absolute Gasteiger partial charge is 0.507 e. The first kappa shape index (κ1) is 20.6. The van der Waals surface area contributed by atoms with Gasteiger partial charge in [-0.25, -0.2) is 0 Å². The van der Waals surface area contributed by atoms with E-state index >= 15 is 0 Å². The summed E-state index contributed by atoms with van der Waals surface area (Å²) in [6.45, 7) is 3.25. The van der Waals surface area contributed by atoms with Crippen LogP contribution in [0.3, 0.4) is 0 Å². The van der Waals surface area contributed by atoms with Crippen molar-refractivity contribution in [3.8, 4) is 11.5 Å². The molecular formula is C19H24O9. The predicted octanol–water partition coefficient (Wildman–Crippen LogP) is 0.191. The van der Waals surface area contributed by atoms with Gasteiger partial charge < -0.3 is 39.4 Å². The minimum Gasteiger partial charge on any atom is -0.507 e. The lowest BCUT2D eigenvalue weighted by atomic mass is 9.99. The van der Waals surface area contributed by atoms with Crippen LogP contribution in [0, 0.1) is 0 Å². The van der Waals surface area contributed by atoms with Crippen molar-refractivity contribution < 1.29 is 39.4 Å². The second kappa shape index (κ2) is 8.06. The van der Waals surface area contributed by atoms with Gasteiger partial charge in [-0.05, 0) is 6.42 Å². The first-order valence-corrected chi connectivity index (χ1v) is 9.04. The average Bonchev–Trinajstić information content (AvgIpc) is 2.67. The highest BCUT2D eigenvalue weighted by molar-refractivity contribution is 5.84. The van der Waals surface area contributed by atoms with E-state index in [0.717, 1.165) is 12.5 Å². The lowest BCUT2D eigenvalue weighted by Gasteiger charge is -2.39. The van der Waals surface area contributed by atoms with Gasteiger partial charge in [-0.2, -0.15) is 0 Å². The third-order valence-electron chi connectivity index (χ3n) is 5.00. The number of phenolic OH excluding ortho intramolecular Hbond substituents is 1. The molecule has 1 aliphatic heterocycles. The Morgan fingerprint density at radius 1 is 1.14 bits per heavy atom. The zero-order valence-electron chi connectivity index (χ0n) is 15.5. The molecule has 5 N–H and O–H groups in total. The number of phenols is 1. The minimum absolute atomic E-state index is 0.00531. The molecule has 0 bridgehead atoms. The Labute approximate surface area is 160 Å². The van der Waals surface area contributed by atoms with Crippen molar-refractivity contribution in [2.45, 2.75) is 56.9 Å². The first-order chi connectivity index (χ1) is 13.3. The zero-order valence-corrected chi connectivity index (χ0v) is 15.5. The summed E-state index contributed by atoms with van der Waals surface area (Å²) < 4.78 is 16.5. The van der Waals surface area contributed by atoms with Crippen LogP contribution in [-0.4, -0.2) is 62.8 Å². The Hall–Kier alpha value is -2.17. The number of aliphatic hydroxyl groups excluding tert-OH is 4. The molecule has 0 saturated carbocycles. The Morgan fingerprint density at radius 3 is 2.50 bits per heavy atom. The van der Waals surface area contributed by atoms with E-state index < -0.39 is 42.7 Å². The molecule has 0 spiro atoms. The molecular weight excluding hydrogens is 372 g/mol. The van der Waals surface area contributed by atoms with Gasteiger partial charge in [0.15, 0.2) is 5.43 Å². The van der Waals surface area contributed by atoms with Crippen molar-refractivity contribution in [2.75, 3.05) is 6.61 Å². The number of fused-ring (bicyclic) bond motifs is 1. The fourth-order valence-corrected chi connectivity index (χ4v) is 3.07. The van der Waals surface area contributed by atoms with Gasteiger partial charge in [0, 0.05) is 24.1 Å². The van der Waals surface area contributed by atoms with Gasteiger partial charge in [-0.1, -0.05) is 13.8 Å². The number of rotatable bonds is 5. The zero-order chi connectivity index (χ0) is 20.6. The average molecular weight is 396 g/mol. The van der Waals surface area contributed by atoms with Gasteiger partial charge in [0.25, 0.3) is 0 Å². The minimum atomic E-state index is -1.60. The maximum absolute atomic E-state index is 12.3. The van der Waals surface area contributed by atoms with E-state index in [9.17, 15) is 30.3 Å². The van der Waals surface area contributed by atoms with Crippen LogP contribution in [0.15, 0.2) is 27.4 Å². The van der Waals surface area contributed by atoms with Crippen molar-refractivity contribution >= 4 is 11.0 Å². The molecule has 3 rings (SSSR count). The van der Waals surface area contributed by atoms with E-state index in [1.807, 2.05) is 13.8 Å². The summed E-state index contributed by atoms with van der Waals surface area (Å²) in [7, 11) is 0. The third-order valence-corrected chi connectivity index (χ3v) is 5.00. The van der Waals surface area contributed by atoms with E-state index in [1.54, 1.807) is 0 Å². The molecule has 9 heteroatoms. The normalized spacial score (nSPS) is 29.0. The number of ether oxygens (including phenoxy) is 2. The predicted molar refractivity (Wildman–Crippen MR) is 97.3 cm³/mol. The molecule has 0 radical (unpaired) electrons. The quantitative estimate of drug-likeness (QED) is 0.477. The number of benzene rings is 1. The molecule has 1 aromatic heterocycles. The molecule has 0 unspecified atom stereocenters. The molecule has 1 saturated heterocycles. The highest BCUT2D eigenvalue weighted by Gasteiger charge is 2.44. The molecule has 9 nitrogen and oxygen atoms in total. The number of aromatic hydroxyl groups is 1. The van der Waals surface area contributed by atoms with Crippen molar-refractivity contribution in [3.05, 3.63) is 34.2 Å². The molecule has 0 aliphatic carbocycles. The molecule has 154 valence electrons. The maximum atomic E-state index is 12.3. The van der Waals surface area contributed by atoms with Gasteiger partial charge in [0.05, 0.1) is 6.61 Å². The highest BCUT2D eigenvalue weighted by Crippen LogP contribution is 2.32. The van der Waals surface area contributed by atoms with Crippen molar-refractivity contribution in [3.63, 3.8) is 0 Å². The van der Waals surface area contributed by atoms with E-state index in [4.69, 9.17) is 13.9 Å². The molecule has 0 amide bonds. The fourth-order valence-electron chi connectivity index (χ4n) is 3.07. The SMILES string of the molecule is CC[C@@H](C)c1cc(=O)c2c(O)cc(O[C@@H]3O[C@H](CO)[C@@H](O)[C@H](O)[C@H]3O)cc2o1. The first-order valence-electron chi connectivity index (χ1n) is 9.04. The Morgan fingerprint density at radius 2 is 1.86 bits per heavy atom. The molecule has 6 atom stereocenters. The summed E-state index contributed by atoms with van der Waals surface area (Å²) in [6.07, 6.45) is -6.51. The van der Waals surface area contributed by atoms with Gasteiger partial charge in [-0.15, -0.1) is 0 Å². The van der Waals surface area contributed by atoms with Crippen LogP contribution in [-0.2, 0) is 4.74 Å². The Balaban J connectivity index is 1.96. The summed E-state index contributed by atoms with van der Waals surface area (Å²) in [5.74, 6) is 0.0963. The molecule has 1 aliphatic rings. The van der Waals surface area contributed by atoms with Crippen LogP contribution < -0.4 is 10.2 Å². The number of hydrogen-bond acceptors (Lipinski definition) is 9. The van der Waals surface area contributed by atoms with Gasteiger partial charge in [0.1, 0.15) is 52.6 Å². The summed E-state index contributed by atoms with van der Waals surface area (Å²) in [4.78, 5) is 12.3. The number of hydrogen-bond donors (Lipinski definition) is 5. The van der Waals surface area contributed by atoms with E-state index in [0.29, 0.717) is 5.76 Å².